The van der Waals surface area contributed by atoms with Gasteiger partial charge in [-0.05, 0) is 61.2 Å². The van der Waals surface area contributed by atoms with Crippen molar-refractivity contribution in [2.24, 2.45) is 5.16 Å². The van der Waals surface area contributed by atoms with E-state index in [1.807, 2.05) is 49.7 Å². The summed E-state index contributed by atoms with van der Waals surface area (Å²) in [5.74, 6) is 0.291. The first-order valence-electron chi connectivity index (χ1n) is 12.3. The van der Waals surface area contributed by atoms with Gasteiger partial charge in [0.1, 0.15) is 17.4 Å². The number of rotatable bonds is 4. The lowest BCUT2D eigenvalue weighted by Gasteiger charge is -2.29. The van der Waals surface area contributed by atoms with Gasteiger partial charge in [-0.3, -0.25) is 0 Å². The Hall–Kier alpha value is -3.68. The van der Waals surface area contributed by atoms with E-state index in [0.29, 0.717) is 18.5 Å². The molecule has 1 atom stereocenters. The zero-order chi connectivity index (χ0) is 25.7. The van der Waals surface area contributed by atoms with Gasteiger partial charge in [-0.1, -0.05) is 25.1 Å². The van der Waals surface area contributed by atoms with Crippen molar-refractivity contribution in [2.45, 2.75) is 46.1 Å². The van der Waals surface area contributed by atoms with Gasteiger partial charge in [0, 0.05) is 37.3 Å². The van der Waals surface area contributed by atoms with Gasteiger partial charge in [-0.15, -0.1) is 0 Å². The number of hydrogen-bond acceptors (Lipinski definition) is 5. The molecule has 3 heterocycles. The number of amidine groups is 1. The number of fused-ring (bicyclic) bond motifs is 1. The minimum absolute atomic E-state index is 0.460. The summed E-state index contributed by atoms with van der Waals surface area (Å²) in [6.07, 6.45) is 7.77. The first-order valence-corrected chi connectivity index (χ1v) is 12.3. The zero-order valence-corrected chi connectivity index (χ0v) is 21.2. The fourth-order valence-electron chi connectivity index (χ4n) is 4.53. The van der Waals surface area contributed by atoms with E-state index in [1.54, 1.807) is 13.4 Å². The van der Waals surface area contributed by atoms with Crippen molar-refractivity contribution in [1.29, 1.82) is 0 Å². The number of ether oxygens (including phenoxy) is 1. The van der Waals surface area contributed by atoms with Gasteiger partial charge in [0.15, 0.2) is 11.9 Å². The molecule has 2 aliphatic rings. The number of aromatic nitrogens is 2. The lowest BCUT2D eigenvalue weighted by Crippen LogP contribution is -2.37. The standard InChI is InChI=1S/C26H26F2N4O2.C2H6/c1-17-15-32(16-29-17)23-6-5-18(11-25(23)33-2)10-19-4-3-8-31-9-7-24(34-30-26(19)31)20-12-21(27)14-22(28)13-20;1-2/h5-6,10-16,24H,3-4,7-9H2,1-2H3;1-2H3/b19-10+;/t24-;/m0./s1. The smallest absolute Gasteiger partial charge is 0.171 e. The van der Waals surface area contributed by atoms with Gasteiger partial charge in [0.05, 0.1) is 24.8 Å². The van der Waals surface area contributed by atoms with Crippen LogP contribution in [0.15, 0.2) is 59.7 Å². The SMILES string of the molecule is CC.COc1cc(/C=C2\CCCN3CC[C@@H](c4cc(F)cc(F)c4)ON=C23)ccc1-n1cnc(C)c1. The van der Waals surface area contributed by atoms with Crippen LogP contribution in [-0.2, 0) is 4.84 Å². The molecule has 36 heavy (non-hydrogen) atoms. The maximum Gasteiger partial charge on any atom is 0.171 e. The normalized spacial score (nSPS) is 18.4. The molecule has 8 heteroatoms. The van der Waals surface area contributed by atoms with E-state index in [0.717, 1.165) is 59.6 Å². The molecule has 2 aliphatic heterocycles. The molecule has 1 fully saturated rings. The van der Waals surface area contributed by atoms with E-state index in [2.05, 4.69) is 21.1 Å². The van der Waals surface area contributed by atoms with E-state index < -0.39 is 17.7 Å². The minimum Gasteiger partial charge on any atom is -0.495 e. The molecule has 0 N–H and O–H groups in total. The fourth-order valence-corrected chi connectivity index (χ4v) is 4.53. The van der Waals surface area contributed by atoms with Crippen molar-refractivity contribution < 1.29 is 18.4 Å². The average Bonchev–Trinajstić information content (AvgIpc) is 3.18. The number of benzene rings is 2. The quantitative estimate of drug-likeness (QED) is 0.418. The first-order chi connectivity index (χ1) is 17.5. The third-order valence-electron chi connectivity index (χ3n) is 6.18. The second kappa shape index (κ2) is 11.4. The highest BCUT2D eigenvalue weighted by atomic mass is 19.1. The molecule has 1 aromatic heterocycles. The summed E-state index contributed by atoms with van der Waals surface area (Å²) in [7, 11) is 1.65. The van der Waals surface area contributed by atoms with Crippen LogP contribution in [-0.4, -0.2) is 40.5 Å². The number of oxime groups is 1. The minimum atomic E-state index is -0.614. The van der Waals surface area contributed by atoms with Crippen LogP contribution in [0.2, 0.25) is 0 Å². The van der Waals surface area contributed by atoms with Crippen LogP contribution in [0.4, 0.5) is 8.78 Å². The van der Waals surface area contributed by atoms with Gasteiger partial charge >= 0.3 is 0 Å². The van der Waals surface area contributed by atoms with Crippen LogP contribution in [0, 0.1) is 18.6 Å². The molecule has 0 spiro atoms. The second-order valence-corrected chi connectivity index (χ2v) is 8.61. The molecular formula is C28H32F2N4O2. The van der Waals surface area contributed by atoms with E-state index in [-0.39, 0.29) is 0 Å². The molecule has 1 saturated heterocycles. The highest BCUT2D eigenvalue weighted by Gasteiger charge is 2.28. The molecule has 0 aliphatic carbocycles. The third kappa shape index (κ3) is 5.58. The Labute approximate surface area is 210 Å². The average molecular weight is 495 g/mol. The van der Waals surface area contributed by atoms with Gasteiger partial charge < -0.3 is 19.0 Å². The topological polar surface area (TPSA) is 51.9 Å². The summed E-state index contributed by atoms with van der Waals surface area (Å²) in [5.41, 5.74) is 4.36. The maximum absolute atomic E-state index is 13.7. The van der Waals surface area contributed by atoms with Gasteiger partial charge in [0.2, 0.25) is 0 Å². The number of hydrogen-bond donors (Lipinski definition) is 0. The molecule has 2 aromatic carbocycles. The highest BCUT2D eigenvalue weighted by molar-refractivity contribution is 6.02. The van der Waals surface area contributed by atoms with Crippen LogP contribution >= 0.6 is 0 Å². The highest BCUT2D eigenvalue weighted by Crippen LogP contribution is 2.31. The molecular weight excluding hydrogens is 462 g/mol. The van der Waals surface area contributed by atoms with Crippen LogP contribution < -0.4 is 4.74 Å². The molecule has 0 saturated carbocycles. The number of piperidine rings is 1. The predicted octanol–water partition coefficient (Wildman–Crippen LogP) is 6.45. The molecule has 6 nitrogen and oxygen atoms in total. The Kier molecular flexibility index (Phi) is 8.03. The van der Waals surface area contributed by atoms with E-state index in [1.165, 1.54) is 12.1 Å². The van der Waals surface area contributed by atoms with Gasteiger partial charge in [0.25, 0.3) is 0 Å². The number of halogens is 2. The predicted molar refractivity (Wildman–Crippen MR) is 137 cm³/mol. The summed E-state index contributed by atoms with van der Waals surface area (Å²) >= 11 is 0. The second-order valence-electron chi connectivity index (χ2n) is 8.61. The van der Waals surface area contributed by atoms with E-state index in [4.69, 9.17) is 9.57 Å². The molecule has 0 unspecified atom stereocenters. The van der Waals surface area contributed by atoms with Gasteiger partial charge in [-0.2, -0.15) is 0 Å². The van der Waals surface area contributed by atoms with Crippen LogP contribution in [0.5, 0.6) is 5.75 Å². The summed E-state index contributed by atoms with van der Waals surface area (Å²) in [6.45, 7) is 7.51. The monoisotopic (exact) mass is 494 g/mol. The van der Waals surface area contributed by atoms with Crippen molar-refractivity contribution in [1.82, 2.24) is 14.5 Å². The Morgan fingerprint density at radius 3 is 2.56 bits per heavy atom. The van der Waals surface area contributed by atoms with Crippen molar-refractivity contribution in [2.75, 3.05) is 20.2 Å². The Balaban J connectivity index is 0.00000148. The van der Waals surface area contributed by atoms with Crippen LogP contribution in [0.25, 0.3) is 11.8 Å². The molecule has 0 bridgehead atoms. The Bertz CT molecular complexity index is 1250. The number of methoxy groups -OCH3 is 1. The van der Waals surface area contributed by atoms with Crippen molar-refractivity contribution in [3.8, 4) is 11.4 Å². The third-order valence-corrected chi connectivity index (χ3v) is 6.18. The molecule has 5 rings (SSSR count). The van der Waals surface area contributed by atoms with E-state index >= 15 is 0 Å². The lowest BCUT2D eigenvalue weighted by molar-refractivity contribution is 0.0572. The largest absolute Gasteiger partial charge is 0.495 e. The fraction of sp³-hybridized carbons (Fsp3) is 0.357. The molecule has 0 amide bonds. The van der Waals surface area contributed by atoms with Crippen molar-refractivity contribution in [3.05, 3.63) is 83.0 Å². The summed E-state index contributed by atoms with van der Waals surface area (Å²) in [4.78, 5) is 12.3. The van der Waals surface area contributed by atoms with Crippen LogP contribution in [0.1, 0.15) is 56.0 Å². The maximum atomic E-state index is 13.7. The van der Waals surface area contributed by atoms with Crippen molar-refractivity contribution >= 4 is 11.9 Å². The summed E-state index contributed by atoms with van der Waals surface area (Å²) < 4.78 is 35.0. The molecule has 0 radical (unpaired) electrons. The van der Waals surface area contributed by atoms with Gasteiger partial charge in [-0.25, -0.2) is 13.8 Å². The molecule has 190 valence electrons. The Morgan fingerprint density at radius 2 is 1.86 bits per heavy atom. The zero-order valence-electron chi connectivity index (χ0n) is 21.2. The van der Waals surface area contributed by atoms with Crippen molar-refractivity contribution in [3.63, 3.8) is 0 Å². The Morgan fingerprint density at radius 1 is 1.08 bits per heavy atom. The number of nitrogens with zero attached hydrogens (tertiary/aromatic N) is 4. The summed E-state index contributed by atoms with van der Waals surface area (Å²) in [5, 5.41) is 4.44. The number of imidazole rings is 1. The first kappa shape index (κ1) is 25.4. The van der Waals surface area contributed by atoms with Crippen LogP contribution in [0.3, 0.4) is 0 Å². The molecule has 3 aromatic rings. The lowest BCUT2D eigenvalue weighted by atomic mass is 9.99. The summed E-state index contributed by atoms with van der Waals surface area (Å²) in [6, 6.07) is 9.52. The number of aryl methyl sites for hydroxylation is 1. The van der Waals surface area contributed by atoms with E-state index in [9.17, 15) is 8.78 Å².